The Bertz CT molecular complexity index is 984. The van der Waals surface area contributed by atoms with Crippen LogP contribution in [0.25, 0.3) is 20.7 Å². The fourth-order valence-corrected chi connectivity index (χ4v) is 4.45. The van der Waals surface area contributed by atoms with E-state index in [4.69, 9.17) is 10.2 Å². The van der Waals surface area contributed by atoms with Gasteiger partial charge < -0.3 is 0 Å². The number of thioether (sulfide) groups is 1. The van der Waals surface area contributed by atoms with Gasteiger partial charge in [-0.25, -0.2) is 4.98 Å². The molecule has 0 aliphatic carbocycles. The molecule has 0 N–H and O–H groups in total. The molecule has 0 radical (unpaired) electrons. The van der Waals surface area contributed by atoms with Gasteiger partial charge in [-0.3, -0.25) is 9.36 Å². The minimum atomic E-state index is -0.0279. The molecular weight excluding hydrogens is 350 g/mol. The first-order chi connectivity index (χ1) is 12.2. The van der Waals surface area contributed by atoms with Crippen molar-refractivity contribution in [1.82, 2.24) is 9.55 Å². The fourth-order valence-electron chi connectivity index (χ4n) is 2.45. The van der Waals surface area contributed by atoms with Gasteiger partial charge in [0.05, 0.1) is 11.6 Å². The summed E-state index contributed by atoms with van der Waals surface area (Å²) in [5.74, 6) is 0.762. The minimum Gasteiger partial charge on any atom is -0.283 e. The number of unbranched alkanes of at least 4 members (excludes halogenated alkanes) is 1. The third kappa shape index (κ3) is 3.84. The molecule has 3 rings (SSSR count). The Hall–Kier alpha value is -2.36. The summed E-state index contributed by atoms with van der Waals surface area (Å²) in [5, 5.41) is 9.34. The number of hydrogen-bond acceptors (Lipinski definition) is 5. The lowest BCUT2D eigenvalue weighted by Crippen LogP contribution is -2.21. The second-order valence-electron chi connectivity index (χ2n) is 5.40. The summed E-state index contributed by atoms with van der Waals surface area (Å²) < 4.78 is 2.33. The highest BCUT2D eigenvalue weighted by Crippen LogP contribution is 2.32. The first kappa shape index (κ1) is 17.5. The van der Waals surface area contributed by atoms with Crippen LogP contribution < -0.4 is 5.56 Å². The SMILES string of the molecule is C=CCn1c(SCCCC#N)nc2cc(-c3ccccc3)sc2c1=O. The number of benzene rings is 1. The molecule has 0 aliphatic heterocycles. The summed E-state index contributed by atoms with van der Waals surface area (Å²) in [6.45, 7) is 4.18. The molecule has 0 saturated carbocycles. The van der Waals surface area contributed by atoms with Crippen molar-refractivity contribution in [3.63, 3.8) is 0 Å². The summed E-state index contributed by atoms with van der Waals surface area (Å²) in [6, 6.07) is 14.1. The molecule has 2 heterocycles. The predicted molar refractivity (Wildman–Crippen MR) is 105 cm³/mol. The molecule has 4 nitrogen and oxygen atoms in total. The zero-order chi connectivity index (χ0) is 17.6. The van der Waals surface area contributed by atoms with Crippen LogP contribution in [0.2, 0.25) is 0 Å². The number of hydrogen-bond donors (Lipinski definition) is 0. The molecule has 126 valence electrons. The van der Waals surface area contributed by atoms with Crippen LogP contribution in [0.1, 0.15) is 12.8 Å². The third-order valence-corrected chi connectivity index (χ3v) is 5.86. The normalized spacial score (nSPS) is 10.7. The van der Waals surface area contributed by atoms with Crippen LogP contribution in [0.5, 0.6) is 0 Å². The van der Waals surface area contributed by atoms with E-state index >= 15 is 0 Å². The van der Waals surface area contributed by atoms with Crippen LogP contribution >= 0.6 is 23.1 Å². The summed E-state index contributed by atoms with van der Waals surface area (Å²) in [6.07, 6.45) is 3.00. The van der Waals surface area contributed by atoms with E-state index in [-0.39, 0.29) is 5.56 Å². The number of thiophene rings is 1. The van der Waals surface area contributed by atoms with Crippen molar-refractivity contribution in [3.05, 3.63) is 59.4 Å². The molecule has 0 bridgehead atoms. The van der Waals surface area contributed by atoms with Gasteiger partial charge in [0.15, 0.2) is 5.16 Å². The van der Waals surface area contributed by atoms with Crippen molar-refractivity contribution in [2.75, 3.05) is 5.75 Å². The van der Waals surface area contributed by atoms with Crippen LogP contribution in [-0.2, 0) is 6.54 Å². The average molecular weight is 367 g/mol. The molecule has 0 fully saturated rings. The second-order valence-corrected chi connectivity index (χ2v) is 7.51. The molecule has 0 aliphatic rings. The number of nitriles is 1. The van der Waals surface area contributed by atoms with Gasteiger partial charge in [0.2, 0.25) is 0 Å². The van der Waals surface area contributed by atoms with Crippen LogP contribution in [0.4, 0.5) is 0 Å². The second kappa shape index (κ2) is 8.15. The van der Waals surface area contributed by atoms with E-state index in [1.807, 2.05) is 36.4 Å². The highest BCUT2D eigenvalue weighted by atomic mass is 32.2. The van der Waals surface area contributed by atoms with E-state index in [2.05, 4.69) is 12.6 Å². The molecule has 2 aromatic heterocycles. The molecule has 0 spiro atoms. The number of rotatable bonds is 7. The highest BCUT2D eigenvalue weighted by Gasteiger charge is 2.14. The van der Waals surface area contributed by atoms with Gasteiger partial charge in [0, 0.05) is 23.6 Å². The lowest BCUT2D eigenvalue weighted by atomic mass is 10.2. The smallest absolute Gasteiger partial charge is 0.272 e. The lowest BCUT2D eigenvalue weighted by molar-refractivity contribution is 0.672. The Balaban J connectivity index is 2.04. The minimum absolute atomic E-state index is 0.0279. The molecule has 0 saturated heterocycles. The van der Waals surface area contributed by atoms with Crippen LogP contribution in [0.15, 0.2) is 59.0 Å². The number of aromatic nitrogens is 2. The average Bonchev–Trinajstić information content (AvgIpc) is 3.07. The van der Waals surface area contributed by atoms with Gasteiger partial charge in [0.1, 0.15) is 4.70 Å². The Morgan fingerprint density at radius 2 is 2.16 bits per heavy atom. The number of allylic oxidation sites excluding steroid dienone is 1. The van der Waals surface area contributed by atoms with Gasteiger partial charge >= 0.3 is 0 Å². The summed E-state index contributed by atoms with van der Waals surface area (Å²) >= 11 is 2.99. The van der Waals surface area contributed by atoms with Crippen molar-refractivity contribution in [1.29, 1.82) is 5.26 Å². The summed E-state index contributed by atoms with van der Waals surface area (Å²) in [5.41, 5.74) is 1.79. The maximum atomic E-state index is 12.9. The summed E-state index contributed by atoms with van der Waals surface area (Å²) in [4.78, 5) is 18.6. The summed E-state index contributed by atoms with van der Waals surface area (Å²) in [7, 11) is 0. The standard InChI is InChI=1S/C19H17N3OS2/c1-2-11-22-18(23)17-15(21-19(22)24-12-7-6-10-20)13-16(25-17)14-8-4-3-5-9-14/h2-5,8-9,13H,1,6-7,11-12H2. The van der Waals surface area contributed by atoms with E-state index in [1.54, 1.807) is 10.6 Å². The van der Waals surface area contributed by atoms with Crippen LogP contribution in [0, 0.1) is 11.3 Å². The lowest BCUT2D eigenvalue weighted by Gasteiger charge is -2.09. The van der Waals surface area contributed by atoms with Gasteiger partial charge in [0.25, 0.3) is 5.56 Å². The van der Waals surface area contributed by atoms with Crippen molar-refractivity contribution in [2.45, 2.75) is 24.5 Å². The largest absolute Gasteiger partial charge is 0.283 e. The first-order valence-electron chi connectivity index (χ1n) is 7.95. The van der Waals surface area contributed by atoms with Crippen molar-refractivity contribution in [2.24, 2.45) is 0 Å². The van der Waals surface area contributed by atoms with Gasteiger partial charge in [-0.15, -0.1) is 17.9 Å². The van der Waals surface area contributed by atoms with E-state index in [0.29, 0.717) is 22.8 Å². The topological polar surface area (TPSA) is 58.7 Å². The molecule has 1 aromatic carbocycles. The Morgan fingerprint density at radius 3 is 2.88 bits per heavy atom. The maximum absolute atomic E-state index is 12.9. The van der Waals surface area contributed by atoms with Gasteiger partial charge in [-0.1, -0.05) is 48.2 Å². The zero-order valence-corrected chi connectivity index (χ0v) is 15.3. The van der Waals surface area contributed by atoms with Crippen molar-refractivity contribution in [3.8, 4) is 16.5 Å². The first-order valence-corrected chi connectivity index (χ1v) is 9.75. The molecule has 0 amide bonds. The van der Waals surface area contributed by atoms with E-state index in [9.17, 15) is 4.79 Å². The zero-order valence-electron chi connectivity index (χ0n) is 13.6. The quantitative estimate of drug-likeness (QED) is 0.263. The number of nitrogens with zero attached hydrogens (tertiary/aromatic N) is 3. The third-order valence-electron chi connectivity index (χ3n) is 3.63. The Labute approximate surface area is 154 Å². The predicted octanol–water partition coefficient (Wildman–Crippen LogP) is 4.71. The van der Waals surface area contributed by atoms with Gasteiger partial charge in [-0.2, -0.15) is 5.26 Å². The van der Waals surface area contributed by atoms with Gasteiger partial charge in [-0.05, 0) is 18.1 Å². The Morgan fingerprint density at radius 1 is 1.36 bits per heavy atom. The molecule has 6 heteroatoms. The molecule has 0 unspecified atom stereocenters. The maximum Gasteiger partial charge on any atom is 0.272 e. The Kier molecular flexibility index (Phi) is 5.69. The van der Waals surface area contributed by atoms with E-state index in [1.165, 1.54) is 23.1 Å². The van der Waals surface area contributed by atoms with Crippen LogP contribution in [0.3, 0.4) is 0 Å². The van der Waals surface area contributed by atoms with E-state index < -0.39 is 0 Å². The van der Waals surface area contributed by atoms with E-state index in [0.717, 1.165) is 28.1 Å². The van der Waals surface area contributed by atoms with Crippen molar-refractivity contribution >= 4 is 33.3 Å². The molecule has 3 aromatic rings. The fraction of sp³-hybridized carbons (Fsp3) is 0.211. The molecule has 0 atom stereocenters. The highest BCUT2D eigenvalue weighted by molar-refractivity contribution is 7.99. The van der Waals surface area contributed by atoms with Crippen LogP contribution in [-0.4, -0.2) is 15.3 Å². The molecular formula is C19H17N3OS2. The number of fused-ring (bicyclic) bond motifs is 1. The monoisotopic (exact) mass is 367 g/mol. The van der Waals surface area contributed by atoms with Crippen molar-refractivity contribution < 1.29 is 0 Å². The molecule has 25 heavy (non-hydrogen) atoms.